The monoisotopic (exact) mass is 330 g/mol. The molecule has 4 atom stereocenters. The van der Waals surface area contributed by atoms with Crippen LogP contribution < -0.4 is 5.32 Å². The van der Waals surface area contributed by atoms with Gasteiger partial charge in [-0.2, -0.15) is 0 Å². The van der Waals surface area contributed by atoms with Crippen LogP contribution in [0.1, 0.15) is 26.1 Å². The molecule has 7 heteroatoms. The predicted molar refractivity (Wildman–Crippen MR) is 87.3 cm³/mol. The Bertz CT molecular complexity index is 757. The van der Waals surface area contributed by atoms with E-state index in [1.54, 1.807) is 0 Å². The molecular formula is C17H22N4O3. The number of amides is 1. The summed E-state index contributed by atoms with van der Waals surface area (Å²) in [6.07, 6.45) is 3.35. The van der Waals surface area contributed by atoms with Crippen LogP contribution in [0.5, 0.6) is 0 Å². The van der Waals surface area contributed by atoms with E-state index in [1.807, 2.05) is 42.6 Å². The maximum atomic E-state index is 12.3. The topological polar surface area (TPSA) is 96.6 Å². The Morgan fingerprint density at radius 2 is 1.96 bits per heavy atom. The molecular weight excluding hydrogens is 308 g/mol. The highest BCUT2D eigenvalue weighted by Gasteiger charge is 2.52. The van der Waals surface area contributed by atoms with Gasteiger partial charge in [-0.15, -0.1) is 10.2 Å². The fraction of sp³-hybridized carbons (Fsp3) is 0.529. The van der Waals surface area contributed by atoms with Crippen LogP contribution in [0.4, 0.5) is 0 Å². The molecule has 1 aliphatic rings. The van der Waals surface area contributed by atoms with Gasteiger partial charge in [0.25, 0.3) is 0 Å². The first kappa shape index (κ1) is 16.4. The molecule has 2 aromatic rings. The number of rotatable bonds is 6. The Morgan fingerprint density at radius 3 is 2.71 bits per heavy atom. The van der Waals surface area contributed by atoms with Gasteiger partial charge in [-0.1, -0.05) is 19.9 Å². The summed E-state index contributed by atoms with van der Waals surface area (Å²) in [6, 6.07) is 5.73. The van der Waals surface area contributed by atoms with E-state index in [-0.39, 0.29) is 17.7 Å². The number of hydrogen-bond donors (Lipinski definition) is 2. The third-order valence-corrected chi connectivity index (χ3v) is 5.20. The lowest BCUT2D eigenvalue weighted by Gasteiger charge is -2.45. The molecule has 0 bridgehead atoms. The van der Waals surface area contributed by atoms with Crippen molar-refractivity contribution in [1.29, 1.82) is 0 Å². The molecule has 2 heterocycles. The summed E-state index contributed by atoms with van der Waals surface area (Å²) >= 11 is 0. The number of carbonyl (C=O) groups is 2. The molecule has 1 saturated carbocycles. The fourth-order valence-corrected chi connectivity index (χ4v) is 3.58. The number of nitrogens with one attached hydrogen (secondary N) is 1. The SMILES string of the molecule is CC1C(C)[C@H](C(=O)NCCCc2nnc3ccccn23)[C@@H]1C(=O)O. The Morgan fingerprint density at radius 1 is 1.21 bits per heavy atom. The minimum atomic E-state index is -0.879. The van der Waals surface area contributed by atoms with Crippen LogP contribution in [-0.4, -0.2) is 38.1 Å². The predicted octanol–water partition coefficient (Wildman–Crippen LogP) is 1.38. The molecule has 0 radical (unpaired) electrons. The first-order valence-electron chi connectivity index (χ1n) is 8.30. The van der Waals surface area contributed by atoms with E-state index in [0.29, 0.717) is 13.0 Å². The minimum absolute atomic E-state index is 0.0422. The van der Waals surface area contributed by atoms with Gasteiger partial charge >= 0.3 is 5.97 Å². The molecule has 128 valence electrons. The van der Waals surface area contributed by atoms with Gasteiger partial charge in [-0.3, -0.25) is 14.0 Å². The van der Waals surface area contributed by atoms with E-state index in [9.17, 15) is 14.7 Å². The smallest absolute Gasteiger partial charge is 0.307 e. The van der Waals surface area contributed by atoms with Crippen LogP contribution in [-0.2, 0) is 16.0 Å². The second kappa shape index (κ2) is 6.59. The zero-order chi connectivity index (χ0) is 17.3. The fourth-order valence-electron chi connectivity index (χ4n) is 3.58. The molecule has 7 nitrogen and oxygen atoms in total. The van der Waals surface area contributed by atoms with Crippen molar-refractivity contribution in [2.24, 2.45) is 23.7 Å². The van der Waals surface area contributed by atoms with Crippen LogP contribution in [0.25, 0.3) is 5.65 Å². The van der Waals surface area contributed by atoms with Crippen molar-refractivity contribution in [3.63, 3.8) is 0 Å². The lowest BCUT2D eigenvalue weighted by molar-refractivity contribution is -0.163. The molecule has 0 aromatic carbocycles. The number of aromatic nitrogens is 3. The molecule has 24 heavy (non-hydrogen) atoms. The third kappa shape index (κ3) is 2.86. The summed E-state index contributed by atoms with van der Waals surface area (Å²) in [6.45, 7) is 4.34. The Balaban J connectivity index is 1.50. The van der Waals surface area contributed by atoms with Crippen molar-refractivity contribution in [3.8, 4) is 0 Å². The molecule has 1 amide bonds. The van der Waals surface area contributed by atoms with Crippen molar-refractivity contribution in [2.45, 2.75) is 26.7 Å². The number of carboxylic acids is 1. The summed E-state index contributed by atoms with van der Waals surface area (Å²) in [5.41, 5.74) is 0.804. The molecule has 0 saturated heterocycles. The normalized spacial score (nSPS) is 26.1. The van der Waals surface area contributed by atoms with Crippen molar-refractivity contribution >= 4 is 17.5 Å². The molecule has 3 rings (SSSR count). The maximum Gasteiger partial charge on any atom is 0.307 e. The first-order valence-corrected chi connectivity index (χ1v) is 8.30. The van der Waals surface area contributed by atoms with Crippen molar-refractivity contribution < 1.29 is 14.7 Å². The highest BCUT2D eigenvalue weighted by molar-refractivity contribution is 5.87. The van der Waals surface area contributed by atoms with E-state index in [1.165, 1.54) is 0 Å². The zero-order valence-electron chi connectivity index (χ0n) is 13.8. The number of carboxylic acid groups (broad SMARTS) is 1. The molecule has 0 spiro atoms. The molecule has 1 aliphatic carbocycles. The summed E-state index contributed by atoms with van der Waals surface area (Å²) in [4.78, 5) is 23.5. The molecule has 0 aliphatic heterocycles. The second-order valence-corrected chi connectivity index (χ2v) is 6.55. The van der Waals surface area contributed by atoms with Gasteiger partial charge in [-0.05, 0) is 30.4 Å². The van der Waals surface area contributed by atoms with Gasteiger partial charge in [0, 0.05) is 19.2 Å². The molecule has 2 aromatic heterocycles. The number of hydrogen-bond acceptors (Lipinski definition) is 4. The quantitative estimate of drug-likeness (QED) is 0.780. The third-order valence-electron chi connectivity index (χ3n) is 5.20. The first-order chi connectivity index (χ1) is 11.5. The Hall–Kier alpha value is -2.44. The average Bonchev–Trinajstić information content (AvgIpc) is 2.98. The number of pyridine rings is 1. The average molecular weight is 330 g/mol. The lowest BCUT2D eigenvalue weighted by Crippen LogP contribution is -2.55. The summed E-state index contributed by atoms with van der Waals surface area (Å²) in [7, 11) is 0. The number of aliphatic carboxylic acids is 1. The van der Waals surface area contributed by atoms with E-state index in [2.05, 4.69) is 15.5 Å². The van der Waals surface area contributed by atoms with Crippen molar-refractivity contribution in [3.05, 3.63) is 30.2 Å². The largest absolute Gasteiger partial charge is 0.481 e. The van der Waals surface area contributed by atoms with Gasteiger partial charge in [-0.25, -0.2) is 0 Å². The van der Waals surface area contributed by atoms with Crippen LogP contribution in [0.15, 0.2) is 24.4 Å². The van der Waals surface area contributed by atoms with Gasteiger partial charge in [0.15, 0.2) is 5.65 Å². The molecule has 1 fully saturated rings. The Labute approximate surface area is 140 Å². The van der Waals surface area contributed by atoms with Crippen LogP contribution in [0.3, 0.4) is 0 Å². The summed E-state index contributed by atoms with van der Waals surface area (Å²) in [5, 5.41) is 20.4. The molecule has 2 unspecified atom stereocenters. The lowest BCUT2D eigenvalue weighted by atomic mass is 9.57. The summed E-state index contributed by atoms with van der Waals surface area (Å²) in [5.74, 6) is -1.03. The van der Waals surface area contributed by atoms with Crippen LogP contribution >= 0.6 is 0 Å². The Kier molecular flexibility index (Phi) is 4.51. The highest BCUT2D eigenvalue weighted by Crippen LogP contribution is 2.45. The van der Waals surface area contributed by atoms with E-state index in [4.69, 9.17) is 0 Å². The minimum Gasteiger partial charge on any atom is -0.481 e. The van der Waals surface area contributed by atoms with Gasteiger partial charge in [0.05, 0.1) is 11.8 Å². The van der Waals surface area contributed by atoms with Crippen LogP contribution in [0.2, 0.25) is 0 Å². The van der Waals surface area contributed by atoms with Crippen LogP contribution in [0, 0.1) is 23.7 Å². The van der Waals surface area contributed by atoms with Crippen molar-refractivity contribution in [2.75, 3.05) is 6.54 Å². The van der Waals surface area contributed by atoms with Gasteiger partial charge in [0.1, 0.15) is 5.82 Å². The number of carbonyl (C=O) groups excluding carboxylic acids is 1. The second-order valence-electron chi connectivity index (χ2n) is 6.55. The van der Waals surface area contributed by atoms with E-state index in [0.717, 1.165) is 17.9 Å². The van der Waals surface area contributed by atoms with E-state index >= 15 is 0 Å². The molecule has 2 N–H and O–H groups in total. The number of nitrogens with zero attached hydrogens (tertiary/aromatic N) is 3. The zero-order valence-corrected chi connectivity index (χ0v) is 13.8. The van der Waals surface area contributed by atoms with Gasteiger partial charge < -0.3 is 10.4 Å². The van der Waals surface area contributed by atoms with E-state index < -0.39 is 17.8 Å². The maximum absolute atomic E-state index is 12.3. The van der Waals surface area contributed by atoms with Gasteiger partial charge in [0.2, 0.25) is 5.91 Å². The number of fused-ring (bicyclic) bond motifs is 1. The standard InChI is InChI=1S/C17H22N4O3/c1-10-11(2)15(17(23)24)14(10)16(22)18-8-5-7-13-20-19-12-6-3-4-9-21(12)13/h3-4,6,9-11,14-15H,5,7-8H2,1-2H3,(H,18,22)(H,23,24)/t10?,11?,14-,15+/m0/s1. The highest BCUT2D eigenvalue weighted by atomic mass is 16.4. The summed E-state index contributed by atoms with van der Waals surface area (Å²) < 4.78 is 1.93. The van der Waals surface area contributed by atoms with Crippen molar-refractivity contribution in [1.82, 2.24) is 19.9 Å². The number of aryl methyl sites for hydroxylation is 1.